The minimum Gasteiger partial charge on any atom is -0.340 e. The largest absolute Gasteiger partial charge is 0.340 e. The summed E-state index contributed by atoms with van der Waals surface area (Å²) in [6.07, 6.45) is 3.82. The highest BCUT2D eigenvalue weighted by Crippen LogP contribution is 2.19. The van der Waals surface area contributed by atoms with Gasteiger partial charge in [-0.2, -0.15) is 0 Å². The van der Waals surface area contributed by atoms with Gasteiger partial charge < -0.3 is 9.88 Å². The number of nitrogens with zero attached hydrogens (tertiary/aromatic N) is 1. The van der Waals surface area contributed by atoms with Crippen LogP contribution in [0.25, 0.3) is 0 Å². The van der Waals surface area contributed by atoms with Crippen molar-refractivity contribution in [2.24, 2.45) is 0 Å². The predicted molar refractivity (Wildman–Crippen MR) is 112 cm³/mol. The third-order valence-electron chi connectivity index (χ3n) is 4.31. The van der Waals surface area contributed by atoms with Crippen LogP contribution in [0.4, 0.5) is 11.4 Å². The average Bonchev–Trinajstić information content (AvgIpc) is 3.13. The zero-order valence-corrected chi connectivity index (χ0v) is 16.6. The van der Waals surface area contributed by atoms with E-state index in [1.807, 2.05) is 35.0 Å². The molecule has 2 N–H and O–H groups in total. The molecule has 146 valence electrons. The lowest BCUT2D eigenvalue weighted by Gasteiger charge is -2.17. The Bertz CT molecular complexity index is 1040. The number of benzene rings is 2. The van der Waals surface area contributed by atoms with Crippen LogP contribution < -0.4 is 10.0 Å². The first kappa shape index (κ1) is 19.7. The van der Waals surface area contributed by atoms with Crippen LogP contribution in [0.3, 0.4) is 0 Å². The molecule has 0 radical (unpaired) electrons. The molecule has 0 aliphatic carbocycles. The molecule has 1 atom stereocenters. The second-order valence-corrected chi connectivity index (χ2v) is 8.49. The number of rotatable bonds is 7. The van der Waals surface area contributed by atoms with E-state index >= 15 is 0 Å². The second kappa shape index (κ2) is 8.31. The van der Waals surface area contributed by atoms with E-state index in [-0.39, 0.29) is 11.9 Å². The number of nitrogens with one attached hydrogen (secondary N) is 2. The Hall–Kier alpha value is -3.06. The first-order valence-electron chi connectivity index (χ1n) is 8.92. The van der Waals surface area contributed by atoms with Crippen molar-refractivity contribution in [2.75, 3.05) is 16.3 Å². The Balaban J connectivity index is 1.69. The Morgan fingerprint density at radius 2 is 1.61 bits per heavy atom. The number of aromatic nitrogens is 1. The Morgan fingerprint density at radius 1 is 0.964 bits per heavy atom. The smallest absolute Gasteiger partial charge is 0.272 e. The molecule has 0 unspecified atom stereocenters. The van der Waals surface area contributed by atoms with Crippen LogP contribution in [0.2, 0.25) is 0 Å². The van der Waals surface area contributed by atoms with Crippen molar-refractivity contribution in [2.45, 2.75) is 19.4 Å². The average molecular weight is 398 g/mol. The quantitative estimate of drug-likeness (QED) is 0.634. The summed E-state index contributed by atoms with van der Waals surface area (Å²) in [5.41, 5.74) is 2.82. The Morgan fingerprint density at radius 3 is 2.25 bits per heavy atom. The molecule has 7 heteroatoms. The molecule has 1 aromatic heterocycles. The molecule has 3 rings (SSSR count). The molecular weight excluding hydrogens is 374 g/mol. The molecule has 0 aliphatic heterocycles. The van der Waals surface area contributed by atoms with Gasteiger partial charge in [0.15, 0.2) is 0 Å². The van der Waals surface area contributed by atoms with E-state index in [0.29, 0.717) is 17.1 Å². The topological polar surface area (TPSA) is 80.2 Å². The molecule has 0 fully saturated rings. The van der Waals surface area contributed by atoms with Gasteiger partial charge in [-0.15, -0.1) is 0 Å². The molecular formula is C21H23N3O3S. The summed E-state index contributed by atoms with van der Waals surface area (Å²) in [6, 6.07) is 20.4. The Labute approximate surface area is 165 Å². The van der Waals surface area contributed by atoms with Crippen molar-refractivity contribution >= 4 is 27.3 Å². The first-order valence-corrected chi connectivity index (χ1v) is 10.8. The summed E-state index contributed by atoms with van der Waals surface area (Å²) in [7, 11) is -3.33. The van der Waals surface area contributed by atoms with Crippen LogP contribution in [0.1, 0.15) is 29.0 Å². The molecule has 0 saturated carbocycles. The van der Waals surface area contributed by atoms with Gasteiger partial charge in [0, 0.05) is 23.6 Å². The van der Waals surface area contributed by atoms with Gasteiger partial charge in [0.2, 0.25) is 10.0 Å². The van der Waals surface area contributed by atoms with Gasteiger partial charge in [0.05, 0.1) is 6.26 Å². The number of amides is 1. The fraction of sp³-hybridized carbons (Fsp3) is 0.190. The zero-order valence-electron chi connectivity index (χ0n) is 15.8. The third kappa shape index (κ3) is 5.23. The lowest BCUT2D eigenvalue weighted by Crippen LogP contribution is -2.19. The maximum Gasteiger partial charge on any atom is 0.272 e. The maximum absolute atomic E-state index is 12.7. The number of anilines is 2. The van der Waals surface area contributed by atoms with Gasteiger partial charge >= 0.3 is 0 Å². The van der Waals surface area contributed by atoms with E-state index in [4.69, 9.17) is 0 Å². The molecule has 3 aromatic rings. The van der Waals surface area contributed by atoms with Crippen LogP contribution in [0.15, 0.2) is 72.9 Å². The van der Waals surface area contributed by atoms with E-state index in [1.165, 1.54) is 5.56 Å². The van der Waals surface area contributed by atoms with Crippen LogP contribution in [0, 0.1) is 0 Å². The molecule has 2 aromatic carbocycles. The van der Waals surface area contributed by atoms with E-state index in [0.717, 1.165) is 12.7 Å². The van der Waals surface area contributed by atoms with Crippen molar-refractivity contribution in [1.82, 2.24) is 4.57 Å². The number of carbonyl (C=O) groups excluding carboxylic acids is 1. The Kier molecular flexibility index (Phi) is 5.84. The summed E-state index contributed by atoms with van der Waals surface area (Å²) >= 11 is 0. The molecule has 1 amide bonds. The van der Waals surface area contributed by atoms with Gasteiger partial charge in [0.25, 0.3) is 5.91 Å². The highest BCUT2D eigenvalue weighted by molar-refractivity contribution is 7.92. The van der Waals surface area contributed by atoms with Gasteiger partial charge in [-0.3, -0.25) is 9.52 Å². The fourth-order valence-corrected chi connectivity index (χ4v) is 3.62. The van der Waals surface area contributed by atoms with Crippen molar-refractivity contribution in [1.29, 1.82) is 0 Å². The van der Waals surface area contributed by atoms with Crippen LogP contribution in [-0.2, 0) is 16.4 Å². The first-order chi connectivity index (χ1) is 13.3. The van der Waals surface area contributed by atoms with Crippen molar-refractivity contribution in [3.05, 3.63) is 84.2 Å². The predicted octanol–water partition coefficient (Wildman–Crippen LogP) is 3.92. The number of hydrogen-bond donors (Lipinski definition) is 2. The molecule has 1 heterocycles. The van der Waals surface area contributed by atoms with Crippen LogP contribution in [0.5, 0.6) is 0 Å². The molecule has 6 nitrogen and oxygen atoms in total. The highest BCUT2D eigenvalue weighted by atomic mass is 32.2. The van der Waals surface area contributed by atoms with Crippen molar-refractivity contribution in [3.8, 4) is 0 Å². The standard InChI is InChI=1S/C21H23N3O3S/c1-16(15-17-7-4-3-5-8-17)24-14-6-9-20(24)21(25)22-18-10-12-19(13-11-18)23-28(2,26)27/h3-14,16,23H,15H2,1-2H3,(H,22,25)/t16-/m0/s1. The zero-order chi connectivity index (χ0) is 20.1. The van der Waals surface area contributed by atoms with Crippen molar-refractivity contribution in [3.63, 3.8) is 0 Å². The van der Waals surface area contributed by atoms with E-state index in [2.05, 4.69) is 29.1 Å². The van der Waals surface area contributed by atoms with Crippen LogP contribution in [-0.4, -0.2) is 25.1 Å². The molecule has 0 aliphatic rings. The SMILES string of the molecule is C[C@@H](Cc1ccccc1)n1cccc1C(=O)Nc1ccc(NS(C)(=O)=O)cc1. The van der Waals surface area contributed by atoms with Gasteiger partial charge in [-0.05, 0) is 55.3 Å². The number of sulfonamides is 1. The van der Waals surface area contributed by atoms with E-state index < -0.39 is 10.0 Å². The maximum atomic E-state index is 12.7. The summed E-state index contributed by atoms with van der Waals surface area (Å²) in [5, 5.41) is 2.86. The lowest BCUT2D eigenvalue weighted by molar-refractivity contribution is 0.101. The summed E-state index contributed by atoms with van der Waals surface area (Å²) in [4.78, 5) is 12.7. The van der Waals surface area contributed by atoms with E-state index in [1.54, 1.807) is 30.3 Å². The van der Waals surface area contributed by atoms with Gasteiger partial charge in [-0.25, -0.2) is 8.42 Å². The minimum absolute atomic E-state index is 0.125. The van der Waals surface area contributed by atoms with Crippen molar-refractivity contribution < 1.29 is 13.2 Å². The molecule has 28 heavy (non-hydrogen) atoms. The third-order valence-corrected chi connectivity index (χ3v) is 4.91. The second-order valence-electron chi connectivity index (χ2n) is 6.75. The number of carbonyl (C=O) groups is 1. The van der Waals surface area contributed by atoms with E-state index in [9.17, 15) is 13.2 Å². The van der Waals surface area contributed by atoms with Crippen LogP contribution >= 0.6 is 0 Å². The normalized spacial score (nSPS) is 12.4. The fourth-order valence-electron chi connectivity index (χ4n) is 3.05. The highest BCUT2D eigenvalue weighted by Gasteiger charge is 2.15. The molecule has 0 bridgehead atoms. The lowest BCUT2D eigenvalue weighted by atomic mass is 10.1. The minimum atomic E-state index is -3.33. The van der Waals surface area contributed by atoms with Gasteiger partial charge in [-0.1, -0.05) is 30.3 Å². The summed E-state index contributed by atoms with van der Waals surface area (Å²) < 4.78 is 26.9. The summed E-state index contributed by atoms with van der Waals surface area (Å²) in [6.45, 7) is 2.08. The monoisotopic (exact) mass is 397 g/mol. The summed E-state index contributed by atoms with van der Waals surface area (Å²) in [5.74, 6) is -0.214. The number of hydrogen-bond acceptors (Lipinski definition) is 3. The molecule has 0 spiro atoms. The van der Waals surface area contributed by atoms with Gasteiger partial charge in [0.1, 0.15) is 5.69 Å². The molecule has 0 saturated heterocycles.